The standard InChI is InChI=1S/C9H7NO2S2/c1-5-7(9(11)12)10-8(14-5)6-2-3-13-4-6/h2-4H,1H3,(H,11,12). The Morgan fingerprint density at radius 2 is 2.36 bits per heavy atom. The fourth-order valence-corrected chi connectivity index (χ4v) is 2.72. The average Bonchev–Trinajstić information content (AvgIpc) is 2.70. The van der Waals surface area contributed by atoms with Gasteiger partial charge < -0.3 is 5.11 Å². The average molecular weight is 225 g/mol. The second-order valence-electron chi connectivity index (χ2n) is 2.74. The largest absolute Gasteiger partial charge is 0.476 e. The van der Waals surface area contributed by atoms with E-state index >= 15 is 0 Å². The van der Waals surface area contributed by atoms with E-state index < -0.39 is 5.97 Å². The number of rotatable bonds is 2. The summed E-state index contributed by atoms with van der Waals surface area (Å²) in [6.07, 6.45) is 0. The van der Waals surface area contributed by atoms with E-state index in [1.807, 2.05) is 16.8 Å². The first-order valence-electron chi connectivity index (χ1n) is 3.92. The zero-order chi connectivity index (χ0) is 10.1. The summed E-state index contributed by atoms with van der Waals surface area (Å²) in [6, 6.07) is 1.94. The number of aromatic nitrogens is 1. The first-order chi connectivity index (χ1) is 6.68. The number of carbonyl (C=O) groups is 1. The molecule has 0 fully saturated rings. The van der Waals surface area contributed by atoms with Crippen molar-refractivity contribution in [2.24, 2.45) is 0 Å². The maximum Gasteiger partial charge on any atom is 0.355 e. The van der Waals surface area contributed by atoms with Gasteiger partial charge in [-0.3, -0.25) is 0 Å². The van der Waals surface area contributed by atoms with Gasteiger partial charge in [0.25, 0.3) is 0 Å². The van der Waals surface area contributed by atoms with E-state index in [2.05, 4.69) is 4.98 Å². The predicted octanol–water partition coefficient (Wildman–Crippen LogP) is 2.88. The molecule has 0 saturated carbocycles. The lowest BCUT2D eigenvalue weighted by Gasteiger charge is -1.86. The van der Waals surface area contributed by atoms with Crippen molar-refractivity contribution in [3.63, 3.8) is 0 Å². The summed E-state index contributed by atoms with van der Waals surface area (Å²) in [4.78, 5) is 15.6. The molecule has 0 aliphatic carbocycles. The van der Waals surface area contributed by atoms with Gasteiger partial charge in [0.2, 0.25) is 0 Å². The van der Waals surface area contributed by atoms with Crippen LogP contribution in [0.2, 0.25) is 0 Å². The summed E-state index contributed by atoms with van der Waals surface area (Å²) in [5.41, 5.74) is 1.16. The SMILES string of the molecule is Cc1sc(-c2ccsc2)nc1C(=O)O. The Morgan fingerprint density at radius 3 is 2.86 bits per heavy atom. The molecule has 1 N–H and O–H groups in total. The summed E-state index contributed by atoms with van der Waals surface area (Å²) in [6.45, 7) is 1.77. The number of carboxylic acid groups (broad SMARTS) is 1. The second-order valence-corrected chi connectivity index (χ2v) is 4.72. The van der Waals surface area contributed by atoms with Gasteiger partial charge in [-0.05, 0) is 18.4 Å². The van der Waals surface area contributed by atoms with E-state index in [1.165, 1.54) is 11.3 Å². The van der Waals surface area contributed by atoms with Crippen LogP contribution in [0.15, 0.2) is 16.8 Å². The van der Waals surface area contributed by atoms with Crippen LogP contribution in [0.5, 0.6) is 0 Å². The van der Waals surface area contributed by atoms with Gasteiger partial charge >= 0.3 is 5.97 Å². The van der Waals surface area contributed by atoms with E-state index in [4.69, 9.17) is 5.11 Å². The molecule has 0 bridgehead atoms. The van der Waals surface area contributed by atoms with Crippen molar-refractivity contribution >= 4 is 28.6 Å². The molecular weight excluding hydrogens is 218 g/mol. The lowest BCUT2D eigenvalue weighted by Crippen LogP contribution is -1.98. The molecule has 0 amide bonds. The van der Waals surface area contributed by atoms with Crippen LogP contribution in [0.25, 0.3) is 10.6 Å². The van der Waals surface area contributed by atoms with Crippen LogP contribution in [-0.4, -0.2) is 16.1 Å². The molecule has 5 heteroatoms. The Kier molecular flexibility index (Phi) is 2.35. The highest BCUT2D eigenvalue weighted by Gasteiger charge is 2.14. The minimum absolute atomic E-state index is 0.163. The summed E-state index contributed by atoms with van der Waals surface area (Å²) < 4.78 is 0. The molecule has 2 heterocycles. The third-order valence-electron chi connectivity index (χ3n) is 1.77. The molecule has 0 radical (unpaired) electrons. The Balaban J connectivity index is 2.48. The monoisotopic (exact) mass is 225 g/mol. The van der Waals surface area contributed by atoms with Crippen molar-refractivity contribution in [2.75, 3.05) is 0 Å². The Hall–Kier alpha value is -1.20. The first-order valence-corrected chi connectivity index (χ1v) is 5.67. The molecule has 3 nitrogen and oxygen atoms in total. The number of thiophene rings is 1. The number of thiazole rings is 1. The molecule has 2 aromatic heterocycles. The second kappa shape index (κ2) is 3.51. The molecule has 0 aliphatic rings. The van der Waals surface area contributed by atoms with E-state index in [-0.39, 0.29) is 5.69 Å². The molecule has 0 aliphatic heterocycles. The third kappa shape index (κ3) is 1.56. The van der Waals surface area contributed by atoms with Crippen molar-refractivity contribution in [3.05, 3.63) is 27.4 Å². The molecule has 2 rings (SSSR count). The number of aromatic carboxylic acids is 1. The lowest BCUT2D eigenvalue weighted by molar-refractivity contribution is 0.0690. The van der Waals surface area contributed by atoms with Crippen LogP contribution in [0, 0.1) is 6.92 Å². The number of nitrogens with zero attached hydrogens (tertiary/aromatic N) is 1. The highest BCUT2D eigenvalue weighted by atomic mass is 32.1. The molecular formula is C9H7NO2S2. The highest BCUT2D eigenvalue weighted by molar-refractivity contribution is 7.15. The summed E-state index contributed by atoms with van der Waals surface area (Å²) >= 11 is 2.99. The van der Waals surface area contributed by atoms with Crippen LogP contribution in [-0.2, 0) is 0 Å². The van der Waals surface area contributed by atoms with Crippen LogP contribution in [0.1, 0.15) is 15.4 Å². The molecule has 0 spiro atoms. The number of hydrogen-bond donors (Lipinski definition) is 1. The van der Waals surface area contributed by atoms with Crippen molar-refractivity contribution < 1.29 is 9.90 Å². The summed E-state index contributed by atoms with van der Waals surface area (Å²) in [5, 5.41) is 13.5. The van der Waals surface area contributed by atoms with E-state index in [0.29, 0.717) is 0 Å². The topological polar surface area (TPSA) is 50.2 Å². The Morgan fingerprint density at radius 1 is 1.57 bits per heavy atom. The normalized spacial score (nSPS) is 10.4. The van der Waals surface area contributed by atoms with Crippen molar-refractivity contribution in [3.8, 4) is 10.6 Å². The van der Waals surface area contributed by atoms with Gasteiger partial charge in [-0.2, -0.15) is 11.3 Å². The van der Waals surface area contributed by atoms with Crippen molar-refractivity contribution in [2.45, 2.75) is 6.92 Å². The number of aryl methyl sites for hydroxylation is 1. The van der Waals surface area contributed by atoms with E-state index in [9.17, 15) is 4.79 Å². The van der Waals surface area contributed by atoms with Crippen molar-refractivity contribution in [1.82, 2.24) is 4.98 Å². The molecule has 2 aromatic rings. The Labute approximate surface area is 88.7 Å². The van der Waals surface area contributed by atoms with Crippen LogP contribution in [0.4, 0.5) is 0 Å². The van der Waals surface area contributed by atoms with Gasteiger partial charge in [0, 0.05) is 15.8 Å². The van der Waals surface area contributed by atoms with Crippen LogP contribution in [0.3, 0.4) is 0 Å². The summed E-state index contributed by atoms with van der Waals surface area (Å²) in [5.74, 6) is -0.958. The van der Waals surface area contributed by atoms with Gasteiger partial charge in [0.05, 0.1) is 0 Å². The van der Waals surface area contributed by atoms with Gasteiger partial charge in [0.1, 0.15) is 5.01 Å². The molecule has 72 valence electrons. The predicted molar refractivity (Wildman–Crippen MR) is 57.1 cm³/mol. The highest BCUT2D eigenvalue weighted by Crippen LogP contribution is 2.28. The zero-order valence-corrected chi connectivity index (χ0v) is 8.98. The molecule has 0 saturated heterocycles. The smallest absolute Gasteiger partial charge is 0.355 e. The number of hydrogen-bond acceptors (Lipinski definition) is 4. The Bertz CT molecular complexity index is 459. The van der Waals surface area contributed by atoms with Gasteiger partial charge in [0.15, 0.2) is 5.69 Å². The maximum atomic E-state index is 10.8. The maximum absolute atomic E-state index is 10.8. The first kappa shape index (κ1) is 9.36. The quantitative estimate of drug-likeness (QED) is 0.855. The van der Waals surface area contributed by atoms with Gasteiger partial charge in [-0.15, -0.1) is 11.3 Å². The van der Waals surface area contributed by atoms with Crippen LogP contribution < -0.4 is 0 Å². The molecule has 0 unspecified atom stereocenters. The van der Waals surface area contributed by atoms with Crippen molar-refractivity contribution in [1.29, 1.82) is 0 Å². The number of carboxylic acids is 1. The fourth-order valence-electron chi connectivity index (χ4n) is 1.10. The minimum atomic E-state index is -0.958. The lowest BCUT2D eigenvalue weighted by atomic mass is 10.3. The van der Waals surface area contributed by atoms with E-state index in [1.54, 1.807) is 18.3 Å². The van der Waals surface area contributed by atoms with E-state index in [0.717, 1.165) is 15.4 Å². The molecule has 0 atom stereocenters. The van der Waals surface area contributed by atoms with Crippen LogP contribution >= 0.6 is 22.7 Å². The fraction of sp³-hybridized carbons (Fsp3) is 0.111. The van der Waals surface area contributed by atoms with Gasteiger partial charge in [-0.25, -0.2) is 9.78 Å². The molecule has 14 heavy (non-hydrogen) atoms. The molecule has 0 aromatic carbocycles. The zero-order valence-electron chi connectivity index (χ0n) is 7.35. The minimum Gasteiger partial charge on any atom is -0.476 e. The third-order valence-corrected chi connectivity index (χ3v) is 3.47. The summed E-state index contributed by atoms with van der Waals surface area (Å²) in [7, 11) is 0. The van der Waals surface area contributed by atoms with Gasteiger partial charge in [-0.1, -0.05) is 0 Å².